The Morgan fingerprint density at radius 2 is 1.71 bits per heavy atom. The zero-order valence-corrected chi connectivity index (χ0v) is 21.6. The molecule has 3 heterocycles. The zero-order valence-electron chi connectivity index (χ0n) is 20.8. The van der Waals surface area contributed by atoms with Crippen molar-refractivity contribution in [2.24, 2.45) is 5.92 Å². The van der Waals surface area contributed by atoms with Gasteiger partial charge in [0.1, 0.15) is 22.4 Å². The molecule has 0 aromatic carbocycles. The quantitative estimate of drug-likeness (QED) is 0.273. The summed E-state index contributed by atoms with van der Waals surface area (Å²) in [5.74, 6) is -6.23. The number of rotatable bonds is 7. The van der Waals surface area contributed by atoms with Crippen LogP contribution in [0.1, 0.15) is 31.7 Å². The molecule has 9 nitrogen and oxygen atoms in total. The molecular weight excluding hydrogens is 535 g/mol. The first-order chi connectivity index (χ1) is 17.5. The molecule has 1 aliphatic carbocycles. The first-order valence-corrected chi connectivity index (χ1v) is 12.5. The number of aliphatic hydroxyl groups is 3. The lowest BCUT2D eigenvalue weighted by atomic mass is 9.88. The van der Waals surface area contributed by atoms with Gasteiger partial charge in [-0.3, -0.25) is 4.98 Å². The predicted octanol–water partition coefficient (Wildman–Crippen LogP) is 3.67. The number of pyridine rings is 1. The minimum Gasteiger partial charge on any atom is -0.390 e. The molecule has 0 radical (unpaired) electrons. The van der Waals surface area contributed by atoms with Crippen LogP contribution in [0, 0.1) is 19.8 Å². The van der Waals surface area contributed by atoms with E-state index in [9.17, 15) is 37.3 Å². The second kappa shape index (κ2) is 9.77. The first kappa shape index (κ1) is 28.3. The van der Waals surface area contributed by atoms with E-state index in [2.05, 4.69) is 25.3 Å². The summed E-state index contributed by atoms with van der Waals surface area (Å²) in [6.07, 6.45) is -6.64. The van der Waals surface area contributed by atoms with Crippen molar-refractivity contribution in [2.45, 2.75) is 70.1 Å². The lowest BCUT2D eigenvalue weighted by Crippen LogP contribution is -2.42. The number of alkyl halides is 5. The SMILES string of the molecule is Cc1nc(NCC(F)(F)C(F)(F)F)nc(N[C@@H]2C[C@H](C(C)(C)O)[C@@H](O)[C@H]2O)c1-c1nc2c(C)nccc2s1. The standard InChI is InChI=1S/C23H27F5N6O3S/c1-9-14(19-33-15-10(2)29-6-5-13(15)38-19)18(32-12-7-11(21(3,4)37)16(35)17(12)36)34-20(31-9)30-8-22(24,25)23(26,27)28/h5-6,11-12,16-17,35-37H,7-8H2,1-4H3,(H2,30,31,32,34)/t11-,12+,16+,17-/m0/s1. The third-order valence-electron chi connectivity index (χ3n) is 6.59. The summed E-state index contributed by atoms with van der Waals surface area (Å²) < 4.78 is 65.9. The maximum atomic E-state index is 13.5. The predicted molar refractivity (Wildman–Crippen MR) is 131 cm³/mol. The van der Waals surface area contributed by atoms with Crippen LogP contribution in [0.3, 0.4) is 0 Å². The first-order valence-electron chi connectivity index (χ1n) is 11.6. The summed E-state index contributed by atoms with van der Waals surface area (Å²) in [6, 6.07) is 0.921. The van der Waals surface area contributed by atoms with E-state index in [0.29, 0.717) is 21.8 Å². The molecule has 0 spiro atoms. The average molecular weight is 563 g/mol. The van der Waals surface area contributed by atoms with Crippen LogP contribution in [-0.4, -0.2) is 77.7 Å². The third kappa shape index (κ3) is 5.37. The normalized spacial score (nSPS) is 22.7. The molecule has 4 atom stereocenters. The Labute approximate surface area is 218 Å². The highest BCUT2D eigenvalue weighted by Crippen LogP contribution is 2.41. The number of aromatic nitrogens is 4. The second-order valence-electron chi connectivity index (χ2n) is 9.90. The van der Waals surface area contributed by atoms with Gasteiger partial charge < -0.3 is 26.0 Å². The van der Waals surface area contributed by atoms with Crippen LogP contribution >= 0.6 is 11.3 Å². The van der Waals surface area contributed by atoms with Gasteiger partial charge >= 0.3 is 12.1 Å². The van der Waals surface area contributed by atoms with E-state index in [-0.39, 0.29) is 17.9 Å². The molecule has 0 aliphatic heterocycles. The van der Waals surface area contributed by atoms with Crippen LogP contribution in [0.15, 0.2) is 12.3 Å². The maximum Gasteiger partial charge on any atom is 0.455 e. The molecule has 0 saturated heterocycles. The minimum absolute atomic E-state index is 0.00707. The fourth-order valence-electron chi connectivity index (χ4n) is 4.45. The van der Waals surface area contributed by atoms with E-state index >= 15 is 0 Å². The van der Waals surface area contributed by atoms with Gasteiger partial charge in [-0.25, -0.2) is 9.97 Å². The molecule has 0 amide bonds. The van der Waals surface area contributed by atoms with Crippen LogP contribution in [0.2, 0.25) is 0 Å². The summed E-state index contributed by atoms with van der Waals surface area (Å²) in [5, 5.41) is 37.0. The fraction of sp³-hybridized carbons (Fsp3) is 0.565. The highest BCUT2D eigenvalue weighted by atomic mass is 32.1. The van der Waals surface area contributed by atoms with Gasteiger partial charge in [-0.15, -0.1) is 11.3 Å². The Balaban J connectivity index is 1.75. The molecule has 1 fully saturated rings. The Bertz CT molecular complexity index is 1330. The van der Waals surface area contributed by atoms with Gasteiger partial charge in [-0.1, -0.05) is 0 Å². The molecule has 15 heteroatoms. The Kier molecular flexibility index (Phi) is 7.27. The smallest absolute Gasteiger partial charge is 0.390 e. The van der Waals surface area contributed by atoms with Crippen molar-refractivity contribution >= 4 is 33.3 Å². The van der Waals surface area contributed by atoms with Crippen molar-refractivity contribution in [3.63, 3.8) is 0 Å². The number of thiazole rings is 1. The molecule has 0 unspecified atom stereocenters. The van der Waals surface area contributed by atoms with Gasteiger partial charge in [0.05, 0.1) is 45.9 Å². The van der Waals surface area contributed by atoms with E-state index in [4.69, 9.17) is 0 Å². The Morgan fingerprint density at radius 3 is 2.29 bits per heavy atom. The average Bonchev–Trinajstić information content (AvgIpc) is 3.34. The van der Waals surface area contributed by atoms with Crippen LogP contribution in [-0.2, 0) is 0 Å². The van der Waals surface area contributed by atoms with Crippen LogP contribution in [0.25, 0.3) is 20.8 Å². The number of anilines is 2. The third-order valence-corrected chi connectivity index (χ3v) is 7.63. The van der Waals surface area contributed by atoms with Crippen molar-refractivity contribution in [2.75, 3.05) is 17.2 Å². The topological polar surface area (TPSA) is 136 Å². The summed E-state index contributed by atoms with van der Waals surface area (Å²) in [7, 11) is 0. The van der Waals surface area contributed by atoms with E-state index in [1.165, 1.54) is 32.1 Å². The van der Waals surface area contributed by atoms with Gasteiger partial charge in [0.2, 0.25) is 5.95 Å². The highest BCUT2D eigenvalue weighted by molar-refractivity contribution is 7.21. The van der Waals surface area contributed by atoms with E-state index in [1.807, 2.05) is 5.32 Å². The molecule has 38 heavy (non-hydrogen) atoms. The largest absolute Gasteiger partial charge is 0.455 e. The molecule has 5 N–H and O–H groups in total. The van der Waals surface area contributed by atoms with Gasteiger partial charge in [-0.2, -0.15) is 26.9 Å². The monoisotopic (exact) mass is 562 g/mol. The number of aliphatic hydroxyl groups excluding tert-OH is 2. The fourth-order valence-corrected chi connectivity index (χ4v) is 5.56. The molecular formula is C23H27F5N6O3S. The summed E-state index contributed by atoms with van der Waals surface area (Å²) in [6.45, 7) is 4.50. The number of hydrogen-bond acceptors (Lipinski definition) is 10. The van der Waals surface area contributed by atoms with Crippen molar-refractivity contribution < 1.29 is 37.3 Å². The number of hydrogen-bond donors (Lipinski definition) is 5. The molecule has 3 aromatic rings. The van der Waals surface area contributed by atoms with Gasteiger partial charge in [0.25, 0.3) is 0 Å². The van der Waals surface area contributed by atoms with Crippen LogP contribution in [0.4, 0.5) is 33.7 Å². The number of fused-ring (bicyclic) bond motifs is 1. The zero-order chi connectivity index (χ0) is 28.2. The van der Waals surface area contributed by atoms with Crippen molar-refractivity contribution in [1.29, 1.82) is 0 Å². The molecule has 3 aromatic heterocycles. The van der Waals surface area contributed by atoms with Crippen molar-refractivity contribution in [3.8, 4) is 10.6 Å². The number of halogens is 5. The Morgan fingerprint density at radius 1 is 1.03 bits per heavy atom. The Hall–Kier alpha value is -2.75. The van der Waals surface area contributed by atoms with E-state index < -0.39 is 54.4 Å². The number of nitrogens with one attached hydrogen (secondary N) is 2. The maximum absolute atomic E-state index is 13.5. The van der Waals surface area contributed by atoms with E-state index in [1.54, 1.807) is 19.2 Å². The van der Waals surface area contributed by atoms with Crippen LogP contribution in [0.5, 0.6) is 0 Å². The molecule has 1 saturated carbocycles. The van der Waals surface area contributed by atoms with E-state index in [0.717, 1.165) is 4.70 Å². The number of aryl methyl sites for hydroxylation is 2. The summed E-state index contributed by atoms with van der Waals surface area (Å²) in [4.78, 5) is 17.1. The molecule has 0 bridgehead atoms. The van der Waals surface area contributed by atoms with Gasteiger partial charge in [-0.05, 0) is 40.2 Å². The highest BCUT2D eigenvalue weighted by Gasteiger charge is 2.57. The lowest BCUT2D eigenvalue weighted by molar-refractivity contribution is -0.275. The van der Waals surface area contributed by atoms with Gasteiger partial charge in [0.15, 0.2) is 0 Å². The number of nitrogens with zero attached hydrogens (tertiary/aromatic N) is 4. The van der Waals surface area contributed by atoms with Crippen LogP contribution < -0.4 is 10.6 Å². The summed E-state index contributed by atoms with van der Waals surface area (Å²) in [5.41, 5.74) is 0.509. The van der Waals surface area contributed by atoms with Gasteiger partial charge in [0, 0.05) is 12.1 Å². The molecule has 4 rings (SSSR count). The lowest BCUT2D eigenvalue weighted by Gasteiger charge is -2.28. The summed E-state index contributed by atoms with van der Waals surface area (Å²) >= 11 is 1.27. The van der Waals surface area contributed by atoms with Crippen molar-refractivity contribution in [1.82, 2.24) is 19.9 Å². The second-order valence-corrected chi connectivity index (χ2v) is 10.9. The minimum atomic E-state index is -5.76. The molecule has 1 aliphatic rings. The molecule has 208 valence electrons. The van der Waals surface area contributed by atoms with Crippen molar-refractivity contribution in [3.05, 3.63) is 23.7 Å².